The molecule has 5 nitrogen and oxygen atoms in total. The minimum absolute atomic E-state index is 0.0323. The van der Waals surface area contributed by atoms with E-state index in [9.17, 15) is 18.3 Å². The highest BCUT2D eigenvalue weighted by atomic mass is 32.2. The molecular formula is C14H21NO4S. The highest BCUT2D eigenvalue weighted by Gasteiger charge is 2.31. The Labute approximate surface area is 120 Å². The summed E-state index contributed by atoms with van der Waals surface area (Å²) in [7, 11) is -3.77. The zero-order valence-corrected chi connectivity index (χ0v) is 12.8. The predicted octanol–water partition coefficient (Wildman–Crippen LogP) is 1.72. The van der Waals surface area contributed by atoms with Gasteiger partial charge in [0, 0.05) is 5.56 Å². The molecule has 0 spiro atoms. The van der Waals surface area contributed by atoms with E-state index in [-0.39, 0.29) is 17.3 Å². The number of aliphatic hydroxyl groups is 1. The van der Waals surface area contributed by atoms with Crippen LogP contribution in [0.5, 0.6) is 0 Å². The van der Waals surface area contributed by atoms with E-state index in [1.807, 2.05) is 13.8 Å². The normalized spacial score (nSPS) is 12.4. The molecule has 0 bridgehead atoms. The molecule has 0 heterocycles. The molecule has 0 atom stereocenters. The Bertz CT molecular complexity index is 568. The van der Waals surface area contributed by atoms with Crippen LogP contribution in [0.3, 0.4) is 0 Å². The summed E-state index contributed by atoms with van der Waals surface area (Å²) in [6.45, 7) is 4.74. The molecule has 0 aliphatic carbocycles. The summed E-state index contributed by atoms with van der Waals surface area (Å²) < 4.78 is 27.3. The number of Topliss-reactive ketones (excluding diaryl/α,β-unsaturated/α-hetero) is 1. The third-order valence-electron chi connectivity index (χ3n) is 3.56. The highest BCUT2D eigenvalue weighted by molar-refractivity contribution is 7.89. The van der Waals surface area contributed by atoms with E-state index in [0.717, 1.165) is 0 Å². The van der Waals surface area contributed by atoms with Crippen LogP contribution in [0, 0.1) is 0 Å². The molecular weight excluding hydrogens is 278 g/mol. The van der Waals surface area contributed by atoms with Crippen LogP contribution >= 0.6 is 0 Å². The standard InChI is InChI=1S/C14H21NO4S/c1-4-14(5-2,10-16)15-20(18,19)13-8-6-7-12(9-13)11(3)17/h6-9,15-16H,4-5,10H2,1-3H3. The van der Waals surface area contributed by atoms with Crippen molar-refractivity contribution >= 4 is 15.8 Å². The molecule has 20 heavy (non-hydrogen) atoms. The van der Waals surface area contributed by atoms with Gasteiger partial charge in [-0.15, -0.1) is 0 Å². The van der Waals surface area contributed by atoms with Gasteiger partial charge in [0.05, 0.1) is 17.0 Å². The number of aliphatic hydroxyl groups excluding tert-OH is 1. The fraction of sp³-hybridized carbons (Fsp3) is 0.500. The van der Waals surface area contributed by atoms with Gasteiger partial charge in [-0.1, -0.05) is 26.0 Å². The molecule has 112 valence electrons. The molecule has 6 heteroatoms. The maximum atomic E-state index is 12.4. The second kappa shape index (κ2) is 6.47. The van der Waals surface area contributed by atoms with Crippen LogP contribution in [0.25, 0.3) is 0 Å². The maximum absolute atomic E-state index is 12.4. The molecule has 1 aromatic carbocycles. The van der Waals surface area contributed by atoms with Crippen molar-refractivity contribution in [1.82, 2.24) is 4.72 Å². The summed E-state index contributed by atoms with van der Waals surface area (Å²) in [5, 5.41) is 9.45. The van der Waals surface area contributed by atoms with Gasteiger partial charge < -0.3 is 5.11 Å². The van der Waals surface area contributed by atoms with E-state index in [1.54, 1.807) is 6.07 Å². The number of rotatable bonds is 7. The molecule has 0 unspecified atom stereocenters. The maximum Gasteiger partial charge on any atom is 0.241 e. The van der Waals surface area contributed by atoms with Crippen molar-refractivity contribution in [2.45, 2.75) is 44.0 Å². The summed E-state index contributed by atoms with van der Waals surface area (Å²) >= 11 is 0. The van der Waals surface area contributed by atoms with E-state index in [0.29, 0.717) is 18.4 Å². The summed E-state index contributed by atoms with van der Waals surface area (Å²) in [4.78, 5) is 11.4. The first-order valence-electron chi connectivity index (χ1n) is 6.56. The van der Waals surface area contributed by atoms with E-state index in [4.69, 9.17) is 0 Å². The number of ketones is 1. The van der Waals surface area contributed by atoms with Gasteiger partial charge in [0.2, 0.25) is 10.0 Å². The molecule has 0 aromatic heterocycles. The van der Waals surface area contributed by atoms with E-state index in [1.165, 1.54) is 25.1 Å². The fourth-order valence-corrected chi connectivity index (χ4v) is 3.46. The molecule has 1 aromatic rings. The molecule has 0 aliphatic rings. The highest BCUT2D eigenvalue weighted by Crippen LogP contribution is 2.20. The Morgan fingerprint density at radius 2 is 1.90 bits per heavy atom. The first kappa shape index (κ1) is 16.8. The van der Waals surface area contributed by atoms with Gasteiger partial charge in [0.1, 0.15) is 0 Å². The lowest BCUT2D eigenvalue weighted by Crippen LogP contribution is -2.50. The summed E-state index contributed by atoms with van der Waals surface area (Å²) in [6, 6.07) is 5.88. The summed E-state index contributed by atoms with van der Waals surface area (Å²) in [5.74, 6) is -0.193. The molecule has 1 rings (SSSR count). The van der Waals surface area contributed by atoms with Crippen LogP contribution in [-0.2, 0) is 10.0 Å². The number of hydrogen-bond acceptors (Lipinski definition) is 4. The van der Waals surface area contributed by atoms with Crippen LogP contribution in [0.15, 0.2) is 29.2 Å². The van der Waals surface area contributed by atoms with Crippen molar-refractivity contribution in [2.24, 2.45) is 0 Å². The van der Waals surface area contributed by atoms with Gasteiger partial charge in [0.25, 0.3) is 0 Å². The van der Waals surface area contributed by atoms with Crippen molar-refractivity contribution in [1.29, 1.82) is 0 Å². The molecule has 0 saturated heterocycles. The zero-order valence-electron chi connectivity index (χ0n) is 12.0. The number of hydrogen-bond donors (Lipinski definition) is 2. The zero-order chi connectivity index (χ0) is 15.4. The van der Waals surface area contributed by atoms with Crippen LogP contribution < -0.4 is 4.72 Å². The average Bonchev–Trinajstić information content (AvgIpc) is 2.45. The third kappa shape index (κ3) is 3.65. The second-order valence-corrected chi connectivity index (χ2v) is 6.52. The predicted molar refractivity (Wildman–Crippen MR) is 77.2 cm³/mol. The first-order chi connectivity index (χ1) is 9.30. The summed E-state index contributed by atoms with van der Waals surface area (Å²) in [6.07, 6.45) is 0.956. The van der Waals surface area contributed by atoms with Crippen molar-refractivity contribution in [3.8, 4) is 0 Å². The Balaban J connectivity index is 3.17. The molecule has 0 saturated carbocycles. The molecule has 0 amide bonds. The smallest absolute Gasteiger partial charge is 0.241 e. The second-order valence-electron chi connectivity index (χ2n) is 4.84. The van der Waals surface area contributed by atoms with E-state index < -0.39 is 15.6 Å². The monoisotopic (exact) mass is 299 g/mol. The minimum atomic E-state index is -3.77. The Morgan fingerprint density at radius 3 is 2.35 bits per heavy atom. The lowest BCUT2D eigenvalue weighted by Gasteiger charge is -2.30. The Hall–Kier alpha value is -1.24. The van der Waals surface area contributed by atoms with Gasteiger partial charge in [-0.05, 0) is 31.9 Å². The quantitative estimate of drug-likeness (QED) is 0.751. The van der Waals surface area contributed by atoms with Crippen molar-refractivity contribution in [3.63, 3.8) is 0 Å². The third-order valence-corrected chi connectivity index (χ3v) is 5.13. The van der Waals surface area contributed by atoms with Crippen LogP contribution in [0.4, 0.5) is 0 Å². The first-order valence-corrected chi connectivity index (χ1v) is 8.04. The molecule has 0 fully saturated rings. The average molecular weight is 299 g/mol. The lowest BCUT2D eigenvalue weighted by molar-refractivity contribution is 0.101. The number of sulfonamides is 1. The van der Waals surface area contributed by atoms with E-state index >= 15 is 0 Å². The number of carbonyl (C=O) groups is 1. The topological polar surface area (TPSA) is 83.5 Å². The number of benzene rings is 1. The van der Waals surface area contributed by atoms with Crippen LogP contribution in [0.1, 0.15) is 44.0 Å². The van der Waals surface area contributed by atoms with Gasteiger partial charge >= 0.3 is 0 Å². The van der Waals surface area contributed by atoms with Gasteiger partial charge in [-0.2, -0.15) is 0 Å². The SMILES string of the molecule is CCC(CC)(CO)NS(=O)(=O)c1cccc(C(C)=O)c1. The lowest BCUT2D eigenvalue weighted by atomic mass is 9.96. The summed E-state index contributed by atoms with van der Waals surface area (Å²) in [5.41, 5.74) is -0.527. The van der Waals surface area contributed by atoms with Crippen LogP contribution in [-0.4, -0.2) is 31.5 Å². The fourth-order valence-electron chi connectivity index (χ4n) is 1.88. The van der Waals surface area contributed by atoms with Crippen molar-refractivity contribution < 1.29 is 18.3 Å². The Morgan fingerprint density at radius 1 is 1.30 bits per heavy atom. The van der Waals surface area contributed by atoms with Crippen LogP contribution in [0.2, 0.25) is 0 Å². The van der Waals surface area contributed by atoms with Crippen molar-refractivity contribution in [2.75, 3.05) is 6.61 Å². The molecule has 0 aliphatic heterocycles. The van der Waals surface area contributed by atoms with Gasteiger partial charge in [-0.25, -0.2) is 13.1 Å². The van der Waals surface area contributed by atoms with Crippen molar-refractivity contribution in [3.05, 3.63) is 29.8 Å². The Kier molecular flexibility index (Phi) is 5.44. The minimum Gasteiger partial charge on any atom is -0.394 e. The molecule has 2 N–H and O–H groups in total. The largest absolute Gasteiger partial charge is 0.394 e. The van der Waals surface area contributed by atoms with E-state index in [2.05, 4.69) is 4.72 Å². The molecule has 0 radical (unpaired) electrons. The van der Waals surface area contributed by atoms with Gasteiger partial charge in [-0.3, -0.25) is 4.79 Å². The van der Waals surface area contributed by atoms with Gasteiger partial charge in [0.15, 0.2) is 5.78 Å². The number of carbonyl (C=O) groups excluding carboxylic acids is 1. The number of nitrogens with one attached hydrogen (secondary N) is 1.